The van der Waals surface area contributed by atoms with Crippen LogP contribution in [0.15, 0.2) is 12.4 Å². The first-order chi connectivity index (χ1) is 11.2. The van der Waals surface area contributed by atoms with Gasteiger partial charge in [0.15, 0.2) is 0 Å². The van der Waals surface area contributed by atoms with Crippen LogP contribution < -0.4 is 10.2 Å². The molecule has 2 heterocycles. The van der Waals surface area contributed by atoms with Crippen molar-refractivity contribution in [1.82, 2.24) is 15.3 Å². The summed E-state index contributed by atoms with van der Waals surface area (Å²) in [5.41, 5.74) is -0.414. The molecule has 2 N–H and O–H groups in total. The lowest BCUT2D eigenvalue weighted by atomic mass is 9.97. The quantitative estimate of drug-likeness (QED) is 0.865. The summed E-state index contributed by atoms with van der Waals surface area (Å²) in [6.45, 7) is 7.63. The van der Waals surface area contributed by atoms with Crippen molar-refractivity contribution in [3.8, 4) is 0 Å². The van der Waals surface area contributed by atoms with E-state index in [-0.39, 0.29) is 5.56 Å². The molecule has 1 saturated heterocycles. The van der Waals surface area contributed by atoms with Crippen molar-refractivity contribution >= 4 is 18.0 Å². The van der Waals surface area contributed by atoms with Gasteiger partial charge in [-0.1, -0.05) is 0 Å². The summed E-state index contributed by atoms with van der Waals surface area (Å²) in [6, 6.07) is 0. The van der Waals surface area contributed by atoms with Crippen molar-refractivity contribution < 1.29 is 19.4 Å². The van der Waals surface area contributed by atoms with Gasteiger partial charge in [0.2, 0.25) is 5.95 Å². The van der Waals surface area contributed by atoms with E-state index in [4.69, 9.17) is 9.84 Å². The zero-order valence-corrected chi connectivity index (χ0v) is 14.3. The van der Waals surface area contributed by atoms with Crippen LogP contribution in [-0.4, -0.2) is 52.4 Å². The molecule has 2 rings (SSSR count). The summed E-state index contributed by atoms with van der Waals surface area (Å²) in [5, 5.41) is 11.7. The number of ether oxygens (including phenoxy) is 1. The van der Waals surface area contributed by atoms with Crippen LogP contribution in [0.25, 0.3) is 0 Å². The maximum atomic E-state index is 11.7. The topological polar surface area (TPSA) is 105 Å². The number of aromatic nitrogens is 2. The van der Waals surface area contributed by atoms with Gasteiger partial charge in [-0.05, 0) is 39.5 Å². The van der Waals surface area contributed by atoms with Crippen molar-refractivity contribution in [3.05, 3.63) is 18.0 Å². The lowest BCUT2D eigenvalue weighted by Crippen LogP contribution is -2.40. The first kappa shape index (κ1) is 18.0. The van der Waals surface area contributed by atoms with E-state index in [1.165, 1.54) is 12.4 Å². The molecule has 8 heteroatoms. The Balaban J connectivity index is 1.77. The fourth-order valence-electron chi connectivity index (χ4n) is 2.47. The maximum absolute atomic E-state index is 11.7. The number of amides is 1. The van der Waals surface area contributed by atoms with Gasteiger partial charge in [0.1, 0.15) is 5.60 Å². The summed E-state index contributed by atoms with van der Waals surface area (Å²) in [7, 11) is 0. The van der Waals surface area contributed by atoms with Crippen LogP contribution in [0.2, 0.25) is 0 Å². The molecule has 0 aliphatic carbocycles. The molecule has 0 saturated carbocycles. The Morgan fingerprint density at radius 1 is 1.29 bits per heavy atom. The van der Waals surface area contributed by atoms with Crippen LogP contribution in [-0.2, 0) is 4.74 Å². The minimum atomic E-state index is -1.03. The molecule has 1 amide bonds. The first-order valence-electron chi connectivity index (χ1n) is 8.02. The van der Waals surface area contributed by atoms with Gasteiger partial charge in [-0.15, -0.1) is 0 Å². The summed E-state index contributed by atoms with van der Waals surface area (Å²) >= 11 is 0. The van der Waals surface area contributed by atoms with Crippen molar-refractivity contribution in [1.29, 1.82) is 0 Å². The van der Waals surface area contributed by atoms with E-state index in [1.807, 2.05) is 25.7 Å². The second kappa shape index (κ2) is 7.46. The van der Waals surface area contributed by atoms with Crippen molar-refractivity contribution in [2.45, 2.75) is 39.2 Å². The molecule has 0 unspecified atom stereocenters. The predicted molar refractivity (Wildman–Crippen MR) is 88.2 cm³/mol. The van der Waals surface area contributed by atoms with E-state index < -0.39 is 17.7 Å². The standard InChI is InChI=1S/C16H24N4O4/c1-16(2,3)24-15(23)19-8-11-4-6-20(7-5-11)14-17-9-12(10-18-14)13(21)22/h9-11H,4-8H2,1-3H3,(H,19,23)(H,21,22). The number of carbonyl (C=O) groups is 2. The van der Waals surface area contributed by atoms with Crippen LogP contribution >= 0.6 is 0 Å². The second-order valence-electron chi connectivity index (χ2n) is 6.89. The number of carboxylic acid groups (broad SMARTS) is 1. The predicted octanol–water partition coefficient (Wildman–Crippen LogP) is 1.92. The van der Waals surface area contributed by atoms with Gasteiger partial charge >= 0.3 is 12.1 Å². The zero-order chi connectivity index (χ0) is 17.7. The summed E-state index contributed by atoms with van der Waals surface area (Å²) in [5.74, 6) is -0.112. The summed E-state index contributed by atoms with van der Waals surface area (Å²) < 4.78 is 5.22. The van der Waals surface area contributed by atoms with E-state index in [0.717, 1.165) is 25.9 Å². The van der Waals surface area contributed by atoms with Crippen molar-refractivity contribution in [2.24, 2.45) is 5.92 Å². The Hall–Kier alpha value is -2.38. The Labute approximate surface area is 141 Å². The zero-order valence-electron chi connectivity index (χ0n) is 14.3. The van der Waals surface area contributed by atoms with Crippen LogP contribution in [0.5, 0.6) is 0 Å². The van der Waals surface area contributed by atoms with Crippen molar-refractivity contribution in [3.63, 3.8) is 0 Å². The molecule has 0 atom stereocenters. The van der Waals surface area contributed by atoms with E-state index in [0.29, 0.717) is 18.4 Å². The van der Waals surface area contributed by atoms with Gasteiger partial charge in [0, 0.05) is 32.0 Å². The molecular formula is C16H24N4O4. The highest BCUT2D eigenvalue weighted by Crippen LogP contribution is 2.20. The monoisotopic (exact) mass is 336 g/mol. The SMILES string of the molecule is CC(C)(C)OC(=O)NCC1CCN(c2ncc(C(=O)O)cn2)CC1. The molecule has 1 fully saturated rings. The second-order valence-corrected chi connectivity index (χ2v) is 6.89. The van der Waals surface area contributed by atoms with Crippen LogP contribution in [0.3, 0.4) is 0 Å². The first-order valence-corrected chi connectivity index (χ1v) is 8.02. The summed E-state index contributed by atoms with van der Waals surface area (Å²) in [4.78, 5) is 32.7. The van der Waals surface area contributed by atoms with Crippen LogP contribution in [0.4, 0.5) is 10.7 Å². The van der Waals surface area contributed by atoms with Gasteiger partial charge in [-0.2, -0.15) is 0 Å². The van der Waals surface area contributed by atoms with Gasteiger partial charge in [-0.3, -0.25) is 0 Å². The molecule has 132 valence electrons. The van der Waals surface area contributed by atoms with Gasteiger partial charge < -0.3 is 20.1 Å². The molecule has 24 heavy (non-hydrogen) atoms. The number of nitrogens with zero attached hydrogens (tertiary/aromatic N) is 3. The minimum Gasteiger partial charge on any atom is -0.478 e. The molecule has 0 radical (unpaired) electrons. The Morgan fingerprint density at radius 2 is 1.88 bits per heavy atom. The highest BCUT2D eigenvalue weighted by Gasteiger charge is 2.23. The third-order valence-corrected chi connectivity index (χ3v) is 3.72. The third-order valence-electron chi connectivity index (χ3n) is 3.72. The lowest BCUT2D eigenvalue weighted by molar-refractivity contribution is 0.0516. The number of piperidine rings is 1. The molecule has 0 bridgehead atoms. The number of anilines is 1. The van der Waals surface area contributed by atoms with Crippen LogP contribution in [0.1, 0.15) is 44.0 Å². The Bertz CT molecular complexity index is 575. The van der Waals surface area contributed by atoms with Gasteiger partial charge in [0.05, 0.1) is 5.56 Å². The molecular weight excluding hydrogens is 312 g/mol. The number of nitrogens with one attached hydrogen (secondary N) is 1. The molecule has 0 aromatic carbocycles. The van der Waals surface area contributed by atoms with Crippen molar-refractivity contribution in [2.75, 3.05) is 24.5 Å². The largest absolute Gasteiger partial charge is 0.478 e. The normalized spacial score (nSPS) is 15.9. The molecule has 1 aromatic rings. The highest BCUT2D eigenvalue weighted by molar-refractivity contribution is 5.86. The fourth-order valence-corrected chi connectivity index (χ4v) is 2.47. The average Bonchev–Trinajstić information content (AvgIpc) is 2.52. The number of rotatable bonds is 4. The van der Waals surface area contributed by atoms with Gasteiger partial charge in [-0.25, -0.2) is 19.6 Å². The molecule has 1 aromatic heterocycles. The molecule has 1 aliphatic heterocycles. The molecule has 1 aliphatic rings. The lowest BCUT2D eigenvalue weighted by Gasteiger charge is -2.32. The van der Waals surface area contributed by atoms with E-state index in [1.54, 1.807) is 0 Å². The smallest absolute Gasteiger partial charge is 0.407 e. The van der Waals surface area contributed by atoms with E-state index in [2.05, 4.69) is 15.3 Å². The minimum absolute atomic E-state index is 0.0789. The Kier molecular flexibility index (Phi) is 5.58. The maximum Gasteiger partial charge on any atom is 0.407 e. The van der Waals surface area contributed by atoms with Gasteiger partial charge in [0.25, 0.3) is 0 Å². The fraction of sp³-hybridized carbons (Fsp3) is 0.625. The Morgan fingerprint density at radius 3 is 2.38 bits per heavy atom. The highest BCUT2D eigenvalue weighted by atomic mass is 16.6. The molecule has 0 spiro atoms. The number of carbonyl (C=O) groups excluding carboxylic acids is 1. The number of hydrogen-bond acceptors (Lipinski definition) is 6. The number of aromatic carboxylic acids is 1. The van der Waals surface area contributed by atoms with Crippen LogP contribution in [0, 0.1) is 5.92 Å². The average molecular weight is 336 g/mol. The number of alkyl carbamates (subject to hydrolysis) is 1. The molecule has 8 nitrogen and oxygen atoms in total. The summed E-state index contributed by atoms with van der Waals surface area (Å²) in [6.07, 6.45) is 4.05. The van der Waals surface area contributed by atoms with E-state index in [9.17, 15) is 9.59 Å². The van der Waals surface area contributed by atoms with E-state index >= 15 is 0 Å². The third kappa shape index (κ3) is 5.36. The number of carboxylic acids is 1. The number of hydrogen-bond donors (Lipinski definition) is 2.